The Kier molecular flexibility index (Phi) is 9.55. The van der Waals surface area contributed by atoms with Crippen molar-refractivity contribution in [3.05, 3.63) is 108 Å². The van der Waals surface area contributed by atoms with Gasteiger partial charge in [-0.05, 0) is 23.6 Å². The quantitative estimate of drug-likeness (QED) is 0.259. The molecular weight excluding hydrogens is 546 g/mol. The summed E-state index contributed by atoms with van der Waals surface area (Å²) in [5.41, 5.74) is 11.4. The average molecular weight is 580 g/mol. The van der Waals surface area contributed by atoms with Gasteiger partial charge in [-0.1, -0.05) is 61.2 Å². The molecule has 0 saturated carbocycles. The van der Waals surface area contributed by atoms with Crippen LogP contribution in [0.1, 0.15) is 28.0 Å². The number of anilines is 3. The molecular formula is C32H33N7O4. The molecule has 0 atom stereocenters. The molecule has 11 heteroatoms. The van der Waals surface area contributed by atoms with Crippen molar-refractivity contribution in [2.45, 2.75) is 19.4 Å². The summed E-state index contributed by atoms with van der Waals surface area (Å²) in [5.74, 6) is -0.485. The van der Waals surface area contributed by atoms with Crippen LogP contribution in [0.25, 0.3) is 11.3 Å². The van der Waals surface area contributed by atoms with E-state index in [9.17, 15) is 9.59 Å². The molecule has 1 saturated heterocycles. The number of benzene rings is 2. The highest BCUT2D eigenvalue weighted by molar-refractivity contribution is 6.07. The Hall–Kier alpha value is -5.29. The van der Waals surface area contributed by atoms with E-state index in [-0.39, 0.29) is 18.1 Å². The Balaban J connectivity index is 1.20. The smallest absolute Gasteiger partial charge is 0.407 e. The maximum atomic E-state index is 13.3. The van der Waals surface area contributed by atoms with Gasteiger partial charge in [0.05, 0.1) is 42.7 Å². The van der Waals surface area contributed by atoms with E-state index in [1.54, 1.807) is 12.4 Å². The number of amides is 2. The van der Waals surface area contributed by atoms with Crippen molar-refractivity contribution in [1.29, 1.82) is 0 Å². The molecule has 0 radical (unpaired) electrons. The highest BCUT2D eigenvalue weighted by Crippen LogP contribution is 2.30. The number of rotatable bonds is 9. The standard InChI is InChI=1S/C32H33N7O4/c1-22-13-17-42-18-16-39(22)28-12-14-34-19-27(28)38-31(40)29-30(33)36-20-26(37-29)25-9-7-23(8-10-25)11-15-35-32(41)43-21-24-5-3-2-4-6-24/h2-10,12,14,19-20H,1,11,13,15-18,21H2,(H2,33,36)(H,35,41)(H,38,40). The molecule has 5 rings (SSSR count). The predicted octanol–water partition coefficient (Wildman–Crippen LogP) is 4.58. The van der Waals surface area contributed by atoms with Gasteiger partial charge in [0.1, 0.15) is 6.61 Å². The number of nitrogen functional groups attached to an aromatic ring is 1. The zero-order valence-electron chi connectivity index (χ0n) is 23.7. The van der Waals surface area contributed by atoms with Crippen LogP contribution in [0.5, 0.6) is 0 Å². The molecule has 2 aromatic heterocycles. The van der Waals surface area contributed by atoms with Crippen molar-refractivity contribution in [3.8, 4) is 11.3 Å². The third kappa shape index (κ3) is 7.72. The molecule has 2 aromatic carbocycles. The van der Waals surface area contributed by atoms with E-state index in [2.05, 4.69) is 32.2 Å². The van der Waals surface area contributed by atoms with E-state index in [0.717, 1.165) is 28.1 Å². The molecule has 4 N–H and O–H groups in total. The number of carbonyl (C=O) groups is 2. The largest absolute Gasteiger partial charge is 0.445 e. The summed E-state index contributed by atoms with van der Waals surface area (Å²) in [6.45, 7) is 6.56. The second-order valence-electron chi connectivity index (χ2n) is 9.85. The van der Waals surface area contributed by atoms with Crippen LogP contribution < -0.4 is 21.3 Å². The van der Waals surface area contributed by atoms with Crippen molar-refractivity contribution < 1.29 is 19.1 Å². The number of aromatic nitrogens is 3. The maximum absolute atomic E-state index is 13.3. The van der Waals surface area contributed by atoms with Crippen LogP contribution in [-0.4, -0.2) is 53.3 Å². The molecule has 11 nitrogen and oxygen atoms in total. The molecule has 0 unspecified atom stereocenters. The van der Waals surface area contributed by atoms with Crippen LogP contribution in [0.2, 0.25) is 0 Å². The molecule has 3 heterocycles. The summed E-state index contributed by atoms with van der Waals surface area (Å²) in [6.07, 6.45) is 5.61. The highest BCUT2D eigenvalue weighted by Gasteiger charge is 2.21. The minimum Gasteiger partial charge on any atom is -0.445 e. The molecule has 43 heavy (non-hydrogen) atoms. The summed E-state index contributed by atoms with van der Waals surface area (Å²) in [5, 5.41) is 5.66. The molecule has 0 aliphatic carbocycles. The Morgan fingerprint density at radius 2 is 1.84 bits per heavy atom. The number of nitrogens with two attached hydrogens (primary N) is 1. The van der Waals surface area contributed by atoms with Crippen molar-refractivity contribution in [3.63, 3.8) is 0 Å². The van der Waals surface area contributed by atoms with E-state index in [0.29, 0.717) is 50.5 Å². The summed E-state index contributed by atoms with van der Waals surface area (Å²) in [4.78, 5) is 40.3. The topological polar surface area (TPSA) is 145 Å². The fourth-order valence-electron chi connectivity index (χ4n) is 4.56. The van der Waals surface area contributed by atoms with Gasteiger partial charge in [-0.25, -0.2) is 14.8 Å². The first kappa shape index (κ1) is 29.2. The van der Waals surface area contributed by atoms with Gasteiger partial charge in [0.25, 0.3) is 5.91 Å². The van der Waals surface area contributed by atoms with Crippen LogP contribution in [0.3, 0.4) is 0 Å². The summed E-state index contributed by atoms with van der Waals surface area (Å²) in [6, 6.07) is 19.0. The number of nitrogens with zero attached hydrogens (tertiary/aromatic N) is 4. The van der Waals surface area contributed by atoms with Gasteiger partial charge in [0, 0.05) is 37.0 Å². The minimum atomic E-state index is -0.500. The van der Waals surface area contributed by atoms with Gasteiger partial charge in [-0.15, -0.1) is 0 Å². The lowest BCUT2D eigenvalue weighted by Gasteiger charge is -2.26. The third-order valence-electron chi connectivity index (χ3n) is 6.87. The lowest BCUT2D eigenvalue weighted by atomic mass is 10.1. The molecule has 220 valence electrons. The Morgan fingerprint density at radius 3 is 2.65 bits per heavy atom. The maximum Gasteiger partial charge on any atom is 0.407 e. The first-order valence-corrected chi connectivity index (χ1v) is 13.9. The van der Waals surface area contributed by atoms with Crippen molar-refractivity contribution in [2.75, 3.05) is 42.3 Å². The summed E-state index contributed by atoms with van der Waals surface area (Å²) >= 11 is 0. The molecule has 0 spiro atoms. The number of ether oxygens (including phenoxy) is 2. The van der Waals surface area contributed by atoms with E-state index < -0.39 is 12.0 Å². The van der Waals surface area contributed by atoms with E-state index in [4.69, 9.17) is 15.2 Å². The van der Waals surface area contributed by atoms with Gasteiger partial charge in [0.15, 0.2) is 11.5 Å². The summed E-state index contributed by atoms with van der Waals surface area (Å²) in [7, 11) is 0. The van der Waals surface area contributed by atoms with E-state index in [1.165, 1.54) is 6.20 Å². The van der Waals surface area contributed by atoms with Gasteiger partial charge in [0.2, 0.25) is 0 Å². The fourth-order valence-corrected chi connectivity index (χ4v) is 4.56. The Morgan fingerprint density at radius 1 is 1.02 bits per heavy atom. The normalized spacial score (nSPS) is 13.2. The Labute approximate surface area is 249 Å². The van der Waals surface area contributed by atoms with Crippen LogP contribution in [0.4, 0.5) is 22.0 Å². The van der Waals surface area contributed by atoms with Crippen LogP contribution in [-0.2, 0) is 22.5 Å². The highest BCUT2D eigenvalue weighted by atomic mass is 16.5. The SMILES string of the molecule is C=C1CCOCCN1c1ccncc1NC(=O)c1nc(-c2ccc(CCNC(=O)OCc3ccccc3)cc2)cnc1N. The summed E-state index contributed by atoms with van der Waals surface area (Å²) < 4.78 is 10.8. The number of carbonyl (C=O) groups excluding carboxylic acids is 2. The van der Waals surface area contributed by atoms with E-state index in [1.807, 2.05) is 65.6 Å². The van der Waals surface area contributed by atoms with Gasteiger partial charge >= 0.3 is 6.09 Å². The number of alkyl carbamates (subject to hydrolysis) is 1. The molecule has 2 amide bonds. The van der Waals surface area contributed by atoms with Crippen molar-refractivity contribution in [2.24, 2.45) is 0 Å². The van der Waals surface area contributed by atoms with Gasteiger partial charge in [-0.2, -0.15) is 0 Å². The molecule has 1 aliphatic heterocycles. The van der Waals surface area contributed by atoms with Crippen LogP contribution >= 0.6 is 0 Å². The number of hydrogen-bond acceptors (Lipinski definition) is 9. The lowest BCUT2D eigenvalue weighted by molar-refractivity contribution is 0.102. The zero-order valence-corrected chi connectivity index (χ0v) is 23.7. The minimum absolute atomic E-state index is 0.00706. The second kappa shape index (κ2) is 14.1. The van der Waals surface area contributed by atoms with Crippen molar-refractivity contribution >= 4 is 29.2 Å². The number of nitrogens with one attached hydrogen (secondary N) is 2. The first-order chi connectivity index (χ1) is 21.0. The van der Waals surface area contributed by atoms with Gasteiger partial charge in [-0.3, -0.25) is 9.78 Å². The van der Waals surface area contributed by atoms with Crippen LogP contribution in [0.15, 0.2) is 91.5 Å². The molecule has 1 fully saturated rings. The van der Waals surface area contributed by atoms with Gasteiger partial charge < -0.3 is 30.7 Å². The third-order valence-corrected chi connectivity index (χ3v) is 6.87. The molecule has 0 bridgehead atoms. The average Bonchev–Trinajstić information content (AvgIpc) is 3.25. The molecule has 1 aliphatic rings. The van der Waals surface area contributed by atoms with Crippen molar-refractivity contribution in [1.82, 2.24) is 20.3 Å². The monoisotopic (exact) mass is 579 g/mol. The van der Waals surface area contributed by atoms with E-state index >= 15 is 0 Å². The van der Waals surface area contributed by atoms with Crippen LogP contribution in [0, 0.1) is 0 Å². The first-order valence-electron chi connectivity index (χ1n) is 13.9. The predicted molar refractivity (Wildman–Crippen MR) is 164 cm³/mol. The molecule has 4 aromatic rings. The number of pyridine rings is 1. The lowest BCUT2D eigenvalue weighted by Crippen LogP contribution is -2.26. The fraction of sp³-hybridized carbons (Fsp3) is 0.219. The zero-order chi connectivity index (χ0) is 30.0. The second-order valence-corrected chi connectivity index (χ2v) is 9.85. The Bertz CT molecular complexity index is 1580. The number of hydrogen-bond donors (Lipinski definition) is 3.